The number of hydrogen-bond acceptors (Lipinski definition) is 5. The molecule has 2 aromatic carbocycles. The lowest BCUT2D eigenvalue weighted by atomic mass is 9.77. The number of fused-ring (bicyclic) bond motifs is 1. The smallest absolute Gasteiger partial charge is 0.255 e. The van der Waals surface area contributed by atoms with E-state index in [-0.39, 0.29) is 12.1 Å². The molecule has 2 atom stereocenters. The van der Waals surface area contributed by atoms with Crippen LogP contribution in [0.4, 0.5) is 23.4 Å². The van der Waals surface area contributed by atoms with Crippen LogP contribution in [0.15, 0.2) is 42.5 Å². The predicted molar refractivity (Wildman–Crippen MR) is 161 cm³/mol. The molecule has 0 amide bonds. The Morgan fingerprint density at radius 2 is 1.77 bits per heavy atom. The molecule has 43 heavy (non-hydrogen) atoms. The van der Waals surface area contributed by atoms with E-state index in [0.29, 0.717) is 44.1 Å². The highest BCUT2D eigenvalue weighted by Crippen LogP contribution is 2.45. The molecule has 0 saturated heterocycles. The third-order valence-electron chi connectivity index (χ3n) is 6.65. The monoisotopic (exact) mass is 635 g/mol. The highest BCUT2D eigenvalue weighted by atomic mass is 35.5. The van der Waals surface area contributed by atoms with Crippen molar-refractivity contribution in [2.75, 3.05) is 11.0 Å². The van der Waals surface area contributed by atoms with E-state index in [1.54, 1.807) is 36.0 Å². The minimum atomic E-state index is -2.98. The standard InChI is InChI=1S/C28H24ClF4N5O2S.C2H6/c1-38-25-20(5-6-21(29)23(25)26(36-38)37-41(2)40)19-4-3-18(7-8-27(39)13-28(32,33)14-27)35-24(19)22(34)11-15-9-16(30)12-17(31)10-15;1-2/h3-6,9-10,12,22,39H,11,13-14,34H2,1-2H3,(H,36,37);1-2H3. The summed E-state index contributed by atoms with van der Waals surface area (Å²) in [7, 11) is 0.252. The van der Waals surface area contributed by atoms with Crippen LogP contribution in [-0.4, -0.2) is 41.9 Å². The molecule has 0 spiro atoms. The molecule has 1 saturated carbocycles. The number of aryl methyl sites for hydroxylation is 1. The molecule has 2 heterocycles. The van der Waals surface area contributed by atoms with Crippen LogP contribution in [0.3, 0.4) is 0 Å². The normalized spacial score (nSPS) is 16.3. The number of nitrogens with zero attached hydrogens (tertiary/aromatic N) is 3. The van der Waals surface area contributed by atoms with Gasteiger partial charge in [-0.25, -0.2) is 26.8 Å². The largest absolute Gasteiger partial charge is 0.377 e. The zero-order valence-electron chi connectivity index (χ0n) is 23.8. The van der Waals surface area contributed by atoms with Crippen LogP contribution in [0.2, 0.25) is 5.02 Å². The number of halogens is 5. The van der Waals surface area contributed by atoms with Gasteiger partial charge in [-0.3, -0.25) is 9.40 Å². The number of nitrogens with one attached hydrogen (secondary N) is 1. The Bertz CT molecular complexity index is 1740. The molecule has 1 fully saturated rings. The first-order valence-corrected chi connectivity index (χ1v) is 15.3. The fourth-order valence-corrected chi connectivity index (χ4v) is 5.67. The molecule has 4 aromatic rings. The molecule has 1 aliphatic carbocycles. The first-order chi connectivity index (χ1) is 20.2. The van der Waals surface area contributed by atoms with Crippen molar-refractivity contribution >= 4 is 39.3 Å². The van der Waals surface area contributed by atoms with Gasteiger partial charge in [0.1, 0.15) is 33.9 Å². The number of anilines is 1. The van der Waals surface area contributed by atoms with Crippen LogP contribution in [0.25, 0.3) is 22.0 Å². The predicted octanol–water partition coefficient (Wildman–Crippen LogP) is 6.05. The van der Waals surface area contributed by atoms with Crippen molar-refractivity contribution in [3.63, 3.8) is 0 Å². The van der Waals surface area contributed by atoms with E-state index in [4.69, 9.17) is 17.3 Å². The number of nitrogens with two attached hydrogens (primary N) is 1. The van der Waals surface area contributed by atoms with Crippen molar-refractivity contribution in [2.45, 2.75) is 50.7 Å². The van der Waals surface area contributed by atoms with Crippen molar-refractivity contribution in [1.29, 1.82) is 0 Å². The molecule has 0 bridgehead atoms. The first-order valence-electron chi connectivity index (χ1n) is 13.3. The average Bonchev–Trinajstić information content (AvgIpc) is 3.23. The van der Waals surface area contributed by atoms with Crippen LogP contribution in [0, 0.1) is 23.5 Å². The third-order valence-corrected chi connectivity index (χ3v) is 7.44. The number of aliphatic hydroxyl groups is 1. The topological polar surface area (TPSA) is 106 Å². The molecule has 0 radical (unpaired) electrons. The molecule has 7 nitrogen and oxygen atoms in total. The van der Waals surface area contributed by atoms with Crippen LogP contribution >= 0.6 is 11.6 Å². The van der Waals surface area contributed by atoms with Crippen molar-refractivity contribution in [1.82, 2.24) is 14.8 Å². The van der Waals surface area contributed by atoms with Gasteiger partial charge in [0, 0.05) is 30.5 Å². The number of hydrogen-bond donors (Lipinski definition) is 3. The Morgan fingerprint density at radius 1 is 1.14 bits per heavy atom. The van der Waals surface area contributed by atoms with Gasteiger partial charge in [-0.05, 0) is 48.2 Å². The molecule has 2 unspecified atom stereocenters. The summed E-state index contributed by atoms with van der Waals surface area (Å²) < 4.78 is 70.7. The number of alkyl halides is 2. The van der Waals surface area contributed by atoms with E-state index in [1.165, 1.54) is 18.4 Å². The van der Waals surface area contributed by atoms with E-state index in [0.717, 1.165) is 6.07 Å². The molecule has 228 valence electrons. The lowest BCUT2D eigenvalue weighted by Gasteiger charge is -2.39. The highest BCUT2D eigenvalue weighted by molar-refractivity contribution is 7.85. The highest BCUT2D eigenvalue weighted by Gasteiger charge is 2.55. The Labute approximate surface area is 254 Å². The van der Waals surface area contributed by atoms with Crippen LogP contribution in [0.1, 0.15) is 49.7 Å². The van der Waals surface area contributed by atoms with Gasteiger partial charge in [0.15, 0.2) is 5.82 Å². The van der Waals surface area contributed by atoms with Crippen LogP contribution in [0.5, 0.6) is 0 Å². The molecule has 13 heteroatoms. The Hall–Kier alpha value is -3.50. The van der Waals surface area contributed by atoms with Gasteiger partial charge >= 0.3 is 0 Å². The molecule has 1 aliphatic rings. The maximum Gasteiger partial charge on any atom is 0.255 e. The zero-order valence-corrected chi connectivity index (χ0v) is 25.4. The van der Waals surface area contributed by atoms with E-state index >= 15 is 0 Å². The quantitative estimate of drug-likeness (QED) is 0.177. The molecular formula is C30H30ClF4N5O2S. The summed E-state index contributed by atoms with van der Waals surface area (Å²) in [5.41, 5.74) is 7.20. The zero-order chi connectivity index (χ0) is 31.7. The lowest BCUT2D eigenvalue weighted by molar-refractivity contribution is -0.176. The van der Waals surface area contributed by atoms with Crippen molar-refractivity contribution in [2.24, 2.45) is 12.8 Å². The summed E-state index contributed by atoms with van der Waals surface area (Å²) in [5, 5.41) is 15.6. The number of rotatable bonds is 6. The minimum Gasteiger partial charge on any atom is -0.377 e. The number of pyridine rings is 1. The van der Waals surface area contributed by atoms with E-state index in [1.807, 2.05) is 13.8 Å². The van der Waals surface area contributed by atoms with Gasteiger partial charge in [-0.2, -0.15) is 5.10 Å². The van der Waals surface area contributed by atoms with Crippen LogP contribution < -0.4 is 10.5 Å². The van der Waals surface area contributed by atoms with Gasteiger partial charge in [0.05, 0.1) is 40.5 Å². The molecule has 2 aromatic heterocycles. The summed E-state index contributed by atoms with van der Waals surface area (Å²) in [6.45, 7) is 4.00. The second-order valence-electron chi connectivity index (χ2n) is 10.1. The minimum absolute atomic E-state index is 0.00542. The fraction of sp³-hybridized carbons (Fsp3) is 0.333. The SMILES string of the molecule is CC.Cn1nc(NS(C)=O)c2c(Cl)ccc(-c3ccc(C#CC4(O)CC(F)(F)C4)nc3C(N)Cc3cc(F)cc(F)c3)c21. The lowest BCUT2D eigenvalue weighted by Crippen LogP contribution is -2.50. The fourth-order valence-electron chi connectivity index (χ4n) is 5.01. The van der Waals surface area contributed by atoms with Gasteiger partial charge < -0.3 is 10.8 Å². The summed E-state index contributed by atoms with van der Waals surface area (Å²) in [5.74, 6) is 0.955. The van der Waals surface area contributed by atoms with E-state index < -0.39 is 53.0 Å². The maximum absolute atomic E-state index is 13.9. The van der Waals surface area contributed by atoms with Crippen molar-refractivity contribution < 1.29 is 26.9 Å². The van der Waals surface area contributed by atoms with Crippen LogP contribution in [-0.2, 0) is 24.5 Å². The average molecular weight is 636 g/mol. The summed E-state index contributed by atoms with van der Waals surface area (Å²) in [6, 6.07) is 8.82. The second-order valence-corrected chi connectivity index (χ2v) is 11.6. The maximum atomic E-state index is 13.9. The van der Waals surface area contributed by atoms with Gasteiger partial charge in [-0.1, -0.05) is 37.4 Å². The van der Waals surface area contributed by atoms with Gasteiger partial charge in [0.2, 0.25) is 0 Å². The Kier molecular flexibility index (Phi) is 9.51. The summed E-state index contributed by atoms with van der Waals surface area (Å²) >= 11 is 6.51. The Balaban J connectivity index is 0.00000207. The summed E-state index contributed by atoms with van der Waals surface area (Å²) in [4.78, 5) is 4.59. The van der Waals surface area contributed by atoms with E-state index in [2.05, 4.69) is 26.6 Å². The molecule has 5 rings (SSSR count). The van der Waals surface area contributed by atoms with Crippen molar-refractivity contribution in [3.05, 3.63) is 76.1 Å². The molecule has 4 N–H and O–H groups in total. The van der Waals surface area contributed by atoms with E-state index in [9.17, 15) is 26.9 Å². The summed E-state index contributed by atoms with van der Waals surface area (Å²) in [6.07, 6.45) is -0.0868. The van der Waals surface area contributed by atoms with Gasteiger partial charge in [-0.15, -0.1) is 0 Å². The first kappa shape index (κ1) is 32.4. The van der Waals surface area contributed by atoms with Crippen molar-refractivity contribution in [3.8, 4) is 23.0 Å². The molecule has 0 aliphatic heterocycles. The second kappa shape index (κ2) is 12.6. The number of aromatic nitrogens is 3. The van der Waals surface area contributed by atoms with Gasteiger partial charge in [0.25, 0.3) is 5.92 Å². The number of benzene rings is 2. The third kappa shape index (κ3) is 7.18. The molecular weight excluding hydrogens is 606 g/mol. The Morgan fingerprint density at radius 3 is 2.37 bits per heavy atom.